The van der Waals surface area contributed by atoms with Crippen molar-refractivity contribution in [1.29, 1.82) is 0 Å². The molecule has 1 aromatic rings. The lowest BCUT2D eigenvalue weighted by Gasteiger charge is -2.18. The number of nitro groups is 1. The van der Waals surface area contributed by atoms with E-state index >= 15 is 0 Å². The zero-order chi connectivity index (χ0) is 14.5. The van der Waals surface area contributed by atoms with E-state index in [0.29, 0.717) is 24.2 Å². The van der Waals surface area contributed by atoms with Gasteiger partial charge in [-0.05, 0) is 29.9 Å². The Morgan fingerprint density at radius 2 is 2.10 bits per heavy atom. The molecule has 1 aliphatic heterocycles. The third-order valence-electron chi connectivity index (χ3n) is 4.16. The Morgan fingerprint density at radius 1 is 1.40 bits per heavy atom. The molecule has 1 aromatic carbocycles. The summed E-state index contributed by atoms with van der Waals surface area (Å²) in [5, 5.41) is 17.2. The topological polar surface area (TPSA) is 84.3 Å². The van der Waals surface area contributed by atoms with Crippen molar-refractivity contribution in [3.8, 4) is 0 Å². The predicted octanol–water partition coefficient (Wildman–Crippen LogP) is 2.69. The van der Waals surface area contributed by atoms with Crippen molar-refractivity contribution in [1.82, 2.24) is 0 Å². The maximum absolute atomic E-state index is 11.4. The van der Waals surface area contributed by atoms with E-state index < -0.39 is 4.92 Å². The minimum atomic E-state index is -0.404. The first kappa shape index (κ1) is 12.9. The van der Waals surface area contributed by atoms with Gasteiger partial charge < -0.3 is 10.6 Å². The minimum Gasteiger partial charge on any atom is -0.376 e. The molecule has 0 radical (unpaired) electrons. The number of anilines is 2. The van der Waals surface area contributed by atoms with Crippen molar-refractivity contribution < 1.29 is 9.72 Å². The minimum absolute atomic E-state index is 0.0219. The average molecular weight is 275 g/mol. The van der Waals surface area contributed by atoms with Crippen LogP contribution < -0.4 is 10.6 Å². The lowest BCUT2D eigenvalue weighted by atomic mass is 10.0. The van der Waals surface area contributed by atoms with Gasteiger partial charge in [0.2, 0.25) is 5.91 Å². The fourth-order valence-electron chi connectivity index (χ4n) is 2.59. The van der Waals surface area contributed by atoms with Crippen LogP contribution in [0, 0.1) is 15.5 Å². The van der Waals surface area contributed by atoms with Crippen LogP contribution in [0.15, 0.2) is 12.1 Å². The number of nitro benzene ring substituents is 1. The normalized spacial score (nSPS) is 22.7. The Labute approximate surface area is 116 Å². The fraction of sp³-hybridized carbons (Fsp3) is 0.500. The van der Waals surface area contributed by atoms with E-state index in [-0.39, 0.29) is 23.1 Å². The van der Waals surface area contributed by atoms with Crippen LogP contribution in [0.5, 0.6) is 0 Å². The summed E-state index contributed by atoms with van der Waals surface area (Å²) in [6.07, 6.45) is 2.07. The molecule has 2 N–H and O–H groups in total. The van der Waals surface area contributed by atoms with Gasteiger partial charge in [-0.3, -0.25) is 14.9 Å². The van der Waals surface area contributed by atoms with Crippen molar-refractivity contribution in [3.05, 3.63) is 27.8 Å². The second-order valence-electron chi connectivity index (χ2n) is 6.22. The summed E-state index contributed by atoms with van der Waals surface area (Å²) in [7, 11) is 0. The molecule has 1 amide bonds. The van der Waals surface area contributed by atoms with Gasteiger partial charge in [0.25, 0.3) is 5.69 Å². The van der Waals surface area contributed by atoms with Crippen LogP contribution in [0.3, 0.4) is 0 Å². The number of hydrogen-bond donors (Lipinski definition) is 2. The van der Waals surface area contributed by atoms with Gasteiger partial charge in [-0.15, -0.1) is 0 Å². The van der Waals surface area contributed by atoms with Crippen molar-refractivity contribution in [2.45, 2.75) is 39.2 Å². The average Bonchev–Trinajstić information content (AvgIpc) is 2.95. The van der Waals surface area contributed by atoms with Crippen LogP contribution in [-0.2, 0) is 11.2 Å². The summed E-state index contributed by atoms with van der Waals surface area (Å²) < 4.78 is 0. The smallest absolute Gasteiger partial charge is 0.294 e. The van der Waals surface area contributed by atoms with Crippen LogP contribution in [0.4, 0.5) is 17.1 Å². The summed E-state index contributed by atoms with van der Waals surface area (Å²) in [6.45, 7) is 4.27. The highest BCUT2D eigenvalue weighted by Crippen LogP contribution is 2.48. The highest BCUT2D eigenvalue weighted by atomic mass is 16.6. The van der Waals surface area contributed by atoms with Gasteiger partial charge in [0, 0.05) is 18.5 Å². The van der Waals surface area contributed by atoms with E-state index in [9.17, 15) is 14.9 Å². The van der Waals surface area contributed by atoms with Crippen LogP contribution >= 0.6 is 0 Å². The van der Waals surface area contributed by atoms with E-state index in [4.69, 9.17) is 0 Å². The molecule has 0 spiro atoms. The van der Waals surface area contributed by atoms with Gasteiger partial charge in [0.1, 0.15) is 5.69 Å². The summed E-state index contributed by atoms with van der Waals surface area (Å²) >= 11 is 0. The molecule has 20 heavy (non-hydrogen) atoms. The first-order chi connectivity index (χ1) is 9.37. The Balaban J connectivity index is 1.96. The zero-order valence-electron chi connectivity index (χ0n) is 11.5. The zero-order valence-corrected chi connectivity index (χ0v) is 11.5. The first-order valence-corrected chi connectivity index (χ1v) is 6.74. The summed E-state index contributed by atoms with van der Waals surface area (Å²) in [6, 6.07) is 3.54. The monoisotopic (exact) mass is 275 g/mol. The molecule has 0 saturated heterocycles. The van der Waals surface area contributed by atoms with Crippen LogP contribution in [0.1, 0.15) is 32.3 Å². The molecule has 0 bridgehead atoms. The molecule has 6 heteroatoms. The molecule has 1 unspecified atom stereocenters. The van der Waals surface area contributed by atoms with Gasteiger partial charge in [0.05, 0.1) is 10.6 Å². The molecule has 1 heterocycles. The third-order valence-corrected chi connectivity index (χ3v) is 4.16. The number of carbonyl (C=O) groups excluding carboxylic acids is 1. The molecule has 2 aliphatic rings. The molecule has 3 rings (SSSR count). The van der Waals surface area contributed by atoms with Crippen molar-refractivity contribution in [2.75, 3.05) is 10.6 Å². The molecule has 6 nitrogen and oxygen atoms in total. The predicted molar refractivity (Wildman–Crippen MR) is 75.9 cm³/mol. The Bertz CT molecular complexity index is 610. The second-order valence-corrected chi connectivity index (χ2v) is 6.22. The van der Waals surface area contributed by atoms with Crippen LogP contribution in [0.25, 0.3) is 0 Å². The number of carbonyl (C=O) groups is 1. The van der Waals surface area contributed by atoms with Gasteiger partial charge in [-0.1, -0.05) is 13.8 Å². The number of fused-ring (bicyclic) bond motifs is 1. The first-order valence-electron chi connectivity index (χ1n) is 6.74. The fourth-order valence-corrected chi connectivity index (χ4v) is 2.59. The Hall–Kier alpha value is -2.11. The van der Waals surface area contributed by atoms with Gasteiger partial charge in [0.15, 0.2) is 0 Å². The molecule has 0 aromatic heterocycles. The molecule has 1 atom stereocenters. The number of aryl methyl sites for hydroxylation is 1. The summed E-state index contributed by atoms with van der Waals surface area (Å²) in [5.41, 5.74) is 2.29. The van der Waals surface area contributed by atoms with E-state index in [2.05, 4.69) is 24.5 Å². The lowest BCUT2D eigenvalue weighted by molar-refractivity contribution is -0.383. The molecule has 1 aliphatic carbocycles. The Kier molecular flexibility index (Phi) is 2.70. The molecule has 106 valence electrons. The number of amides is 1. The molecule has 1 saturated carbocycles. The van der Waals surface area contributed by atoms with E-state index in [1.807, 2.05) is 0 Å². The number of nitrogens with zero attached hydrogens (tertiary/aromatic N) is 1. The third kappa shape index (κ3) is 2.21. The summed E-state index contributed by atoms with van der Waals surface area (Å²) in [4.78, 5) is 22.2. The van der Waals surface area contributed by atoms with Gasteiger partial charge >= 0.3 is 0 Å². The van der Waals surface area contributed by atoms with Crippen molar-refractivity contribution in [3.63, 3.8) is 0 Å². The van der Waals surface area contributed by atoms with Gasteiger partial charge in [-0.25, -0.2) is 0 Å². The maximum atomic E-state index is 11.4. The highest BCUT2D eigenvalue weighted by molar-refractivity contribution is 5.95. The van der Waals surface area contributed by atoms with Crippen LogP contribution in [0.2, 0.25) is 0 Å². The number of rotatable bonds is 3. The van der Waals surface area contributed by atoms with Crippen molar-refractivity contribution >= 4 is 23.0 Å². The van der Waals surface area contributed by atoms with Crippen molar-refractivity contribution in [2.24, 2.45) is 5.41 Å². The molecular formula is C14H17N3O3. The van der Waals surface area contributed by atoms with Gasteiger partial charge in [-0.2, -0.15) is 0 Å². The standard InChI is InChI=1S/C14H17N3O3/c1-14(2)7-12(14)15-10-5-8-3-4-13(18)16-9(8)6-11(10)17(19)20/h5-6,12,15H,3-4,7H2,1-2H3,(H,16,18). The second kappa shape index (κ2) is 4.19. The highest BCUT2D eigenvalue weighted by Gasteiger charge is 2.46. The molecule has 1 fully saturated rings. The van der Waals surface area contributed by atoms with E-state index in [1.165, 1.54) is 6.07 Å². The van der Waals surface area contributed by atoms with E-state index in [1.54, 1.807) is 6.07 Å². The Morgan fingerprint density at radius 3 is 2.70 bits per heavy atom. The quantitative estimate of drug-likeness (QED) is 0.656. The largest absolute Gasteiger partial charge is 0.376 e. The van der Waals surface area contributed by atoms with E-state index in [0.717, 1.165) is 12.0 Å². The SMILES string of the molecule is CC1(C)CC1Nc1cc2c(cc1[N+](=O)[O-])NC(=O)CC2. The molecular weight excluding hydrogens is 258 g/mol. The number of hydrogen-bond acceptors (Lipinski definition) is 4. The van der Waals surface area contributed by atoms with Crippen LogP contribution in [-0.4, -0.2) is 16.9 Å². The number of nitrogens with one attached hydrogen (secondary N) is 2. The maximum Gasteiger partial charge on any atom is 0.294 e. The lowest BCUT2D eigenvalue weighted by Crippen LogP contribution is -2.20. The summed E-state index contributed by atoms with van der Waals surface area (Å²) in [5.74, 6) is -0.0872. The number of benzene rings is 1.